The summed E-state index contributed by atoms with van der Waals surface area (Å²) in [5.41, 5.74) is 0.469. The van der Waals surface area contributed by atoms with Crippen molar-refractivity contribution in [1.82, 2.24) is 4.31 Å². The maximum Gasteiger partial charge on any atom is 0.326 e. The Morgan fingerprint density at radius 3 is 2.79 bits per heavy atom. The zero-order valence-corrected chi connectivity index (χ0v) is 14.2. The maximum absolute atomic E-state index is 13.9. The lowest BCUT2D eigenvalue weighted by Gasteiger charge is -2.32. The van der Waals surface area contributed by atoms with E-state index in [2.05, 4.69) is 0 Å². The predicted molar refractivity (Wildman–Crippen MR) is 85.2 cm³/mol. The van der Waals surface area contributed by atoms with Crippen LogP contribution in [-0.4, -0.2) is 37.5 Å². The third-order valence-corrected chi connectivity index (χ3v) is 6.74. The van der Waals surface area contributed by atoms with Gasteiger partial charge >= 0.3 is 5.97 Å². The van der Waals surface area contributed by atoms with E-state index in [0.29, 0.717) is 12.0 Å². The molecule has 128 valence electrons. The molecule has 1 aromatic carbocycles. The Morgan fingerprint density at radius 2 is 2.17 bits per heavy atom. The van der Waals surface area contributed by atoms with Crippen LogP contribution in [0.4, 0.5) is 4.39 Å². The number of hydrogen-bond donors (Lipinski definition) is 1. The molecule has 1 N–H and O–H groups in total. The lowest BCUT2D eigenvalue weighted by molar-refractivity contribution is -0.142. The van der Waals surface area contributed by atoms with Gasteiger partial charge in [-0.05, 0) is 41.6 Å². The molecule has 9 heteroatoms. The fourth-order valence-corrected chi connectivity index (χ4v) is 5.23. The van der Waals surface area contributed by atoms with E-state index in [1.54, 1.807) is 11.4 Å². The van der Waals surface area contributed by atoms with Crippen LogP contribution in [0.2, 0.25) is 0 Å². The molecule has 0 spiro atoms. The molecule has 0 saturated carbocycles. The first-order valence-electron chi connectivity index (χ1n) is 7.00. The summed E-state index contributed by atoms with van der Waals surface area (Å²) in [6.07, 6.45) is 0.425. The van der Waals surface area contributed by atoms with Crippen LogP contribution in [0.15, 0.2) is 34.5 Å². The highest BCUT2D eigenvalue weighted by atomic mass is 32.2. The summed E-state index contributed by atoms with van der Waals surface area (Å²) in [6.45, 7) is 0.0282. The second-order valence-corrected chi connectivity index (χ2v) is 8.09. The number of aliphatic carboxylic acids is 1. The van der Waals surface area contributed by atoms with E-state index in [-0.39, 0.29) is 17.2 Å². The number of sulfonamides is 1. The molecule has 6 nitrogen and oxygen atoms in total. The van der Waals surface area contributed by atoms with Gasteiger partial charge in [0.05, 0.1) is 12.0 Å². The van der Waals surface area contributed by atoms with Gasteiger partial charge in [-0.3, -0.25) is 4.79 Å². The van der Waals surface area contributed by atoms with Crippen molar-refractivity contribution in [3.8, 4) is 5.75 Å². The molecular weight excluding hydrogens is 357 g/mol. The Hall–Kier alpha value is -1.97. The number of carboxylic acid groups (broad SMARTS) is 1. The Labute approximate surface area is 142 Å². The van der Waals surface area contributed by atoms with Gasteiger partial charge in [-0.25, -0.2) is 12.8 Å². The Morgan fingerprint density at radius 1 is 1.42 bits per heavy atom. The smallest absolute Gasteiger partial charge is 0.326 e. The van der Waals surface area contributed by atoms with Gasteiger partial charge in [0, 0.05) is 11.4 Å². The van der Waals surface area contributed by atoms with E-state index >= 15 is 0 Å². The first-order chi connectivity index (χ1) is 11.4. The highest BCUT2D eigenvalue weighted by Gasteiger charge is 2.41. The van der Waals surface area contributed by atoms with Crippen LogP contribution in [0.1, 0.15) is 16.5 Å². The van der Waals surface area contributed by atoms with Gasteiger partial charge in [-0.2, -0.15) is 4.31 Å². The quantitative estimate of drug-likeness (QED) is 0.891. The zero-order valence-electron chi connectivity index (χ0n) is 12.6. The van der Waals surface area contributed by atoms with Crippen LogP contribution >= 0.6 is 11.3 Å². The van der Waals surface area contributed by atoms with Crippen molar-refractivity contribution < 1.29 is 27.4 Å². The molecule has 0 fully saturated rings. The molecule has 1 aliphatic rings. The standard InChI is InChI=1S/C15H14FNO5S2/c1-22-12-3-2-9(8-11(12)16)24(20,21)17-6-4-13-10(5-7-23-13)14(17)15(18)19/h2-3,5,7-8,14H,4,6H2,1H3,(H,18,19). The van der Waals surface area contributed by atoms with Crippen LogP contribution < -0.4 is 4.74 Å². The number of nitrogens with zero attached hydrogens (tertiary/aromatic N) is 1. The minimum absolute atomic E-state index is 0.0282. The van der Waals surface area contributed by atoms with Crippen molar-refractivity contribution in [3.05, 3.63) is 45.9 Å². The van der Waals surface area contributed by atoms with E-state index in [1.165, 1.54) is 30.6 Å². The monoisotopic (exact) mass is 371 g/mol. The Balaban J connectivity index is 2.06. The highest BCUT2D eigenvalue weighted by molar-refractivity contribution is 7.89. The molecule has 3 rings (SSSR count). The number of carboxylic acids is 1. The van der Waals surface area contributed by atoms with Crippen molar-refractivity contribution in [3.63, 3.8) is 0 Å². The van der Waals surface area contributed by atoms with Gasteiger partial charge in [0.25, 0.3) is 0 Å². The number of thiophene rings is 1. The van der Waals surface area contributed by atoms with E-state index in [9.17, 15) is 22.7 Å². The Kier molecular flexibility index (Phi) is 4.33. The fourth-order valence-electron chi connectivity index (χ4n) is 2.75. The van der Waals surface area contributed by atoms with Gasteiger partial charge in [-0.1, -0.05) is 0 Å². The number of rotatable bonds is 4. The Bertz CT molecular complexity index is 893. The third kappa shape index (κ3) is 2.68. The number of halogens is 1. The van der Waals surface area contributed by atoms with Crippen LogP contribution in [0.25, 0.3) is 0 Å². The molecule has 2 aromatic rings. The molecule has 0 radical (unpaired) electrons. The van der Waals surface area contributed by atoms with Gasteiger partial charge < -0.3 is 9.84 Å². The second-order valence-electron chi connectivity index (χ2n) is 5.20. The largest absolute Gasteiger partial charge is 0.494 e. The second kappa shape index (κ2) is 6.15. The maximum atomic E-state index is 13.9. The fraction of sp³-hybridized carbons (Fsp3) is 0.267. The van der Waals surface area contributed by atoms with Crippen molar-refractivity contribution in [1.29, 1.82) is 0 Å². The van der Waals surface area contributed by atoms with Crippen molar-refractivity contribution in [2.45, 2.75) is 17.4 Å². The summed E-state index contributed by atoms with van der Waals surface area (Å²) in [6, 6.07) is 3.57. The lowest BCUT2D eigenvalue weighted by atomic mass is 10.0. The summed E-state index contributed by atoms with van der Waals surface area (Å²) in [5.74, 6) is -2.16. The number of benzene rings is 1. The molecule has 0 bridgehead atoms. The summed E-state index contributed by atoms with van der Waals surface area (Å²) in [4.78, 5) is 12.2. The summed E-state index contributed by atoms with van der Waals surface area (Å²) in [5, 5.41) is 11.3. The van der Waals surface area contributed by atoms with E-state index in [0.717, 1.165) is 15.2 Å². The molecule has 2 heterocycles. The highest BCUT2D eigenvalue weighted by Crippen LogP contribution is 2.37. The topological polar surface area (TPSA) is 83.9 Å². The van der Waals surface area contributed by atoms with Crippen molar-refractivity contribution in [2.75, 3.05) is 13.7 Å². The number of ether oxygens (including phenoxy) is 1. The average molecular weight is 371 g/mol. The number of methoxy groups -OCH3 is 1. The summed E-state index contributed by atoms with van der Waals surface area (Å²) < 4.78 is 45.2. The number of carbonyl (C=O) groups is 1. The minimum atomic E-state index is -4.16. The minimum Gasteiger partial charge on any atom is -0.494 e. The van der Waals surface area contributed by atoms with Crippen molar-refractivity contribution >= 4 is 27.3 Å². The van der Waals surface area contributed by atoms with E-state index in [4.69, 9.17) is 4.74 Å². The number of hydrogen-bond acceptors (Lipinski definition) is 5. The van der Waals surface area contributed by atoms with Gasteiger partial charge in [-0.15, -0.1) is 11.3 Å². The number of fused-ring (bicyclic) bond motifs is 1. The first kappa shape index (κ1) is 16.9. The summed E-state index contributed by atoms with van der Waals surface area (Å²) >= 11 is 1.40. The molecule has 0 amide bonds. The lowest BCUT2D eigenvalue weighted by Crippen LogP contribution is -2.42. The molecule has 1 unspecified atom stereocenters. The summed E-state index contributed by atoms with van der Waals surface area (Å²) in [7, 11) is -2.89. The van der Waals surface area contributed by atoms with Crippen LogP contribution in [0.5, 0.6) is 5.75 Å². The molecule has 1 atom stereocenters. The predicted octanol–water partition coefficient (Wildman–Crippen LogP) is 2.27. The van der Waals surface area contributed by atoms with Gasteiger partial charge in [0.2, 0.25) is 10.0 Å². The van der Waals surface area contributed by atoms with Crippen LogP contribution in [0, 0.1) is 5.82 Å². The molecule has 1 aromatic heterocycles. The van der Waals surface area contributed by atoms with E-state index < -0.39 is 27.9 Å². The molecular formula is C15H14FNO5S2. The first-order valence-corrected chi connectivity index (χ1v) is 9.32. The SMILES string of the molecule is COc1ccc(S(=O)(=O)N2CCc3sccc3C2C(=O)O)cc1F. The van der Waals surface area contributed by atoms with Crippen LogP contribution in [-0.2, 0) is 21.2 Å². The molecule has 24 heavy (non-hydrogen) atoms. The van der Waals surface area contributed by atoms with Gasteiger partial charge in [0.15, 0.2) is 11.6 Å². The van der Waals surface area contributed by atoms with E-state index in [1.807, 2.05) is 0 Å². The third-order valence-electron chi connectivity index (χ3n) is 3.89. The molecule has 0 saturated heterocycles. The molecule has 1 aliphatic heterocycles. The average Bonchev–Trinajstić information content (AvgIpc) is 3.01. The molecule has 0 aliphatic carbocycles. The van der Waals surface area contributed by atoms with Crippen LogP contribution in [0.3, 0.4) is 0 Å². The normalized spacial score (nSPS) is 18.2. The van der Waals surface area contributed by atoms with Crippen molar-refractivity contribution in [2.24, 2.45) is 0 Å². The van der Waals surface area contributed by atoms with Gasteiger partial charge in [0.1, 0.15) is 6.04 Å². The zero-order chi connectivity index (χ0) is 17.5.